The smallest absolute Gasteiger partial charge is 0.298 e. The highest BCUT2D eigenvalue weighted by Gasteiger charge is 2.27. The van der Waals surface area contributed by atoms with E-state index in [0.717, 1.165) is 29.9 Å². The molecule has 0 saturated carbocycles. The predicted molar refractivity (Wildman–Crippen MR) is 80.7 cm³/mol. The van der Waals surface area contributed by atoms with Crippen LogP contribution in [0.5, 0.6) is 0 Å². The van der Waals surface area contributed by atoms with Gasteiger partial charge in [-0.25, -0.2) is 4.98 Å². The number of aromatic nitrogens is 4. The maximum Gasteiger partial charge on any atom is 0.298 e. The van der Waals surface area contributed by atoms with Crippen LogP contribution < -0.4 is 4.90 Å². The first-order valence-corrected chi connectivity index (χ1v) is 7.47. The summed E-state index contributed by atoms with van der Waals surface area (Å²) < 4.78 is 11.6. The molecule has 0 amide bonds. The number of ether oxygens (including phenoxy) is 1. The van der Waals surface area contributed by atoms with Crippen molar-refractivity contribution in [3.05, 3.63) is 35.9 Å². The summed E-state index contributed by atoms with van der Waals surface area (Å²) in [6.45, 7) is 4.01. The average molecular weight is 299 g/mol. The molecule has 1 aliphatic heterocycles. The molecular formula is C15H17N5O2. The monoisotopic (exact) mass is 299 g/mol. The second-order valence-corrected chi connectivity index (χ2v) is 5.26. The largest absolute Gasteiger partial charge is 0.423 e. The third kappa shape index (κ3) is 2.33. The van der Waals surface area contributed by atoms with Crippen LogP contribution in [0.3, 0.4) is 0 Å². The molecule has 1 N–H and O–H groups in total. The normalized spacial score (nSPS) is 19.0. The molecule has 0 radical (unpaired) electrons. The summed E-state index contributed by atoms with van der Waals surface area (Å²) >= 11 is 0. The van der Waals surface area contributed by atoms with Crippen molar-refractivity contribution in [2.75, 3.05) is 24.6 Å². The molecule has 2 aromatic heterocycles. The van der Waals surface area contributed by atoms with Crippen LogP contribution in [0.1, 0.15) is 24.7 Å². The SMILES string of the molecule is CCc1nc(C2CN(c3nc4ccccc4o3)CCO2)n[nH]1. The van der Waals surface area contributed by atoms with Crippen LogP contribution in [0.4, 0.5) is 6.01 Å². The molecule has 114 valence electrons. The molecular weight excluding hydrogens is 282 g/mol. The van der Waals surface area contributed by atoms with Crippen LogP contribution in [-0.4, -0.2) is 39.9 Å². The van der Waals surface area contributed by atoms with E-state index in [1.54, 1.807) is 0 Å². The molecule has 0 spiro atoms. The Kier molecular flexibility index (Phi) is 3.27. The van der Waals surface area contributed by atoms with Crippen molar-refractivity contribution in [2.45, 2.75) is 19.4 Å². The Morgan fingerprint density at radius 2 is 2.23 bits per heavy atom. The van der Waals surface area contributed by atoms with Crippen molar-refractivity contribution >= 4 is 17.1 Å². The van der Waals surface area contributed by atoms with E-state index in [0.29, 0.717) is 25.0 Å². The molecule has 7 heteroatoms. The Labute approximate surface area is 127 Å². The first-order chi connectivity index (χ1) is 10.8. The van der Waals surface area contributed by atoms with Gasteiger partial charge in [-0.1, -0.05) is 19.1 Å². The van der Waals surface area contributed by atoms with Crippen LogP contribution in [0, 0.1) is 0 Å². The molecule has 1 aliphatic rings. The number of oxazole rings is 1. The van der Waals surface area contributed by atoms with E-state index in [-0.39, 0.29) is 6.10 Å². The van der Waals surface area contributed by atoms with Gasteiger partial charge in [-0.2, -0.15) is 10.1 Å². The second-order valence-electron chi connectivity index (χ2n) is 5.26. The number of nitrogens with one attached hydrogen (secondary N) is 1. The Morgan fingerprint density at radius 3 is 3.05 bits per heavy atom. The van der Waals surface area contributed by atoms with Gasteiger partial charge in [0.05, 0.1) is 13.2 Å². The van der Waals surface area contributed by atoms with E-state index < -0.39 is 0 Å². The molecule has 0 bridgehead atoms. The summed E-state index contributed by atoms with van der Waals surface area (Å²) in [6, 6.07) is 8.40. The summed E-state index contributed by atoms with van der Waals surface area (Å²) in [5, 5.41) is 7.17. The fourth-order valence-corrected chi connectivity index (χ4v) is 2.59. The Hall–Kier alpha value is -2.41. The van der Waals surface area contributed by atoms with Crippen LogP contribution in [0.2, 0.25) is 0 Å². The number of rotatable bonds is 3. The lowest BCUT2D eigenvalue weighted by Crippen LogP contribution is -2.39. The van der Waals surface area contributed by atoms with E-state index in [4.69, 9.17) is 9.15 Å². The van der Waals surface area contributed by atoms with Crippen molar-refractivity contribution in [1.82, 2.24) is 20.2 Å². The van der Waals surface area contributed by atoms with Gasteiger partial charge in [-0.15, -0.1) is 0 Å². The standard InChI is InChI=1S/C15H17N5O2/c1-2-13-17-14(19-18-13)12-9-20(7-8-21-12)15-16-10-5-3-4-6-11(10)22-15/h3-6,12H,2,7-9H2,1H3,(H,17,18,19). The van der Waals surface area contributed by atoms with Crippen molar-refractivity contribution < 1.29 is 9.15 Å². The second kappa shape index (κ2) is 5.42. The first-order valence-electron chi connectivity index (χ1n) is 7.47. The molecule has 4 rings (SSSR count). The maximum atomic E-state index is 5.83. The van der Waals surface area contributed by atoms with Gasteiger partial charge in [0.1, 0.15) is 17.4 Å². The fourth-order valence-electron chi connectivity index (χ4n) is 2.59. The first kappa shape index (κ1) is 13.3. The zero-order valence-electron chi connectivity index (χ0n) is 12.3. The maximum absolute atomic E-state index is 5.83. The third-order valence-corrected chi connectivity index (χ3v) is 3.79. The highest BCUT2D eigenvalue weighted by atomic mass is 16.5. The molecule has 1 unspecified atom stereocenters. The third-order valence-electron chi connectivity index (χ3n) is 3.79. The minimum absolute atomic E-state index is 0.166. The number of hydrogen-bond acceptors (Lipinski definition) is 6. The highest BCUT2D eigenvalue weighted by Crippen LogP contribution is 2.26. The van der Waals surface area contributed by atoms with Crippen LogP contribution >= 0.6 is 0 Å². The van der Waals surface area contributed by atoms with Gasteiger partial charge in [-0.05, 0) is 12.1 Å². The van der Waals surface area contributed by atoms with Crippen LogP contribution in [0.25, 0.3) is 11.1 Å². The van der Waals surface area contributed by atoms with Gasteiger partial charge < -0.3 is 14.1 Å². The topological polar surface area (TPSA) is 80.1 Å². The van der Waals surface area contributed by atoms with E-state index in [1.807, 2.05) is 31.2 Å². The Bertz CT molecular complexity index is 748. The van der Waals surface area contributed by atoms with Gasteiger partial charge in [0.15, 0.2) is 11.4 Å². The summed E-state index contributed by atoms with van der Waals surface area (Å²) in [7, 11) is 0. The van der Waals surface area contributed by atoms with E-state index in [9.17, 15) is 0 Å². The van der Waals surface area contributed by atoms with Crippen LogP contribution in [0.15, 0.2) is 28.7 Å². The lowest BCUT2D eigenvalue weighted by Gasteiger charge is -2.30. The van der Waals surface area contributed by atoms with Crippen molar-refractivity contribution in [2.24, 2.45) is 0 Å². The molecule has 22 heavy (non-hydrogen) atoms. The number of hydrogen-bond donors (Lipinski definition) is 1. The molecule has 7 nitrogen and oxygen atoms in total. The number of benzene rings is 1. The van der Waals surface area contributed by atoms with Crippen molar-refractivity contribution in [3.63, 3.8) is 0 Å². The minimum atomic E-state index is -0.166. The highest BCUT2D eigenvalue weighted by molar-refractivity contribution is 5.74. The number of morpholine rings is 1. The van der Waals surface area contributed by atoms with Gasteiger partial charge in [-0.3, -0.25) is 5.10 Å². The lowest BCUT2D eigenvalue weighted by atomic mass is 10.2. The summed E-state index contributed by atoms with van der Waals surface area (Å²) in [5.74, 6) is 1.57. The number of fused-ring (bicyclic) bond motifs is 1. The van der Waals surface area contributed by atoms with Gasteiger partial charge >= 0.3 is 0 Å². The summed E-state index contributed by atoms with van der Waals surface area (Å²) in [5.41, 5.74) is 1.67. The van der Waals surface area contributed by atoms with Crippen LogP contribution in [-0.2, 0) is 11.2 Å². The summed E-state index contributed by atoms with van der Waals surface area (Å²) in [6.07, 6.45) is 0.662. The lowest BCUT2D eigenvalue weighted by molar-refractivity contribution is 0.0326. The van der Waals surface area contributed by atoms with E-state index in [1.165, 1.54) is 0 Å². The zero-order valence-corrected chi connectivity index (χ0v) is 12.3. The van der Waals surface area contributed by atoms with Crippen molar-refractivity contribution in [3.8, 4) is 0 Å². The number of nitrogens with zero attached hydrogens (tertiary/aromatic N) is 4. The average Bonchev–Trinajstić information content (AvgIpc) is 3.21. The number of para-hydroxylation sites is 2. The molecule has 0 aliphatic carbocycles. The Balaban J connectivity index is 1.57. The fraction of sp³-hybridized carbons (Fsp3) is 0.400. The molecule has 3 heterocycles. The molecule has 3 aromatic rings. The molecule has 1 aromatic carbocycles. The Morgan fingerprint density at radius 1 is 1.32 bits per heavy atom. The zero-order chi connectivity index (χ0) is 14.9. The minimum Gasteiger partial charge on any atom is -0.423 e. The molecule has 1 fully saturated rings. The van der Waals surface area contributed by atoms with E-state index >= 15 is 0 Å². The quantitative estimate of drug-likeness (QED) is 0.797. The van der Waals surface area contributed by atoms with Gasteiger partial charge in [0, 0.05) is 13.0 Å². The summed E-state index contributed by atoms with van der Waals surface area (Å²) in [4.78, 5) is 11.1. The molecule has 1 atom stereocenters. The number of H-pyrrole nitrogens is 1. The van der Waals surface area contributed by atoms with Gasteiger partial charge in [0.2, 0.25) is 0 Å². The predicted octanol–water partition coefficient (Wildman–Crippen LogP) is 2.09. The number of aryl methyl sites for hydroxylation is 1. The molecule has 1 saturated heterocycles. The van der Waals surface area contributed by atoms with E-state index in [2.05, 4.69) is 25.1 Å². The van der Waals surface area contributed by atoms with Gasteiger partial charge in [0.25, 0.3) is 6.01 Å². The number of aromatic amines is 1. The van der Waals surface area contributed by atoms with Crippen molar-refractivity contribution in [1.29, 1.82) is 0 Å². The number of anilines is 1.